The van der Waals surface area contributed by atoms with E-state index in [1.54, 1.807) is 7.11 Å². The van der Waals surface area contributed by atoms with Gasteiger partial charge in [-0.3, -0.25) is 4.90 Å². The lowest BCUT2D eigenvalue weighted by Crippen LogP contribution is -2.28. The summed E-state index contributed by atoms with van der Waals surface area (Å²) in [7, 11) is 2.34. The average Bonchev–Trinajstić information content (AvgIpc) is 2.77. The van der Waals surface area contributed by atoms with Gasteiger partial charge < -0.3 is 9.47 Å². The fourth-order valence-corrected chi connectivity index (χ4v) is 5.93. The molecule has 0 aliphatic carbocycles. The molecule has 2 aromatic rings. The molecule has 3 nitrogen and oxygen atoms in total. The van der Waals surface area contributed by atoms with Gasteiger partial charge in [-0.15, -0.1) is 0 Å². The van der Waals surface area contributed by atoms with Gasteiger partial charge in [0.25, 0.3) is 0 Å². The quantitative estimate of drug-likeness (QED) is 0.259. The second-order valence-corrected chi connectivity index (χ2v) is 12.2. The Morgan fingerprint density at radius 2 is 1.61 bits per heavy atom. The number of hydrogen-bond acceptors (Lipinski definition) is 3. The summed E-state index contributed by atoms with van der Waals surface area (Å²) >= 11 is 0. The Labute approximate surface area is 205 Å². The molecule has 0 fully saturated rings. The Bertz CT molecular complexity index is 915. The van der Waals surface area contributed by atoms with Crippen LogP contribution < -0.4 is 10.0 Å². The lowest BCUT2D eigenvalue weighted by atomic mass is 9.82. The third-order valence-corrected chi connectivity index (χ3v) is 8.95. The summed E-state index contributed by atoms with van der Waals surface area (Å²) in [6.45, 7) is 23.9. The molecule has 0 radical (unpaired) electrons. The SMILES string of the molecule is CCN(CC)Cc1cccc(C)c1PC(C)(CC)c1cc(C(C)(C)C)cc(C)c1OCOC. The zero-order chi connectivity index (χ0) is 24.8. The lowest BCUT2D eigenvalue weighted by molar-refractivity contribution is 0.0495. The molecule has 0 saturated carbocycles. The van der Waals surface area contributed by atoms with Crippen LogP contribution in [-0.2, 0) is 21.9 Å². The minimum atomic E-state index is -0.0286. The molecular weight excluding hydrogens is 425 g/mol. The fourth-order valence-electron chi connectivity index (χ4n) is 4.28. The first-order valence-corrected chi connectivity index (χ1v) is 13.4. The van der Waals surface area contributed by atoms with E-state index >= 15 is 0 Å². The Balaban J connectivity index is 2.64. The highest BCUT2D eigenvalue weighted by Crippen LogP contribution is 2.50. The minimum absolute atomic E-state index is 0.0286. The molecule has 0 aliphatic rings. The summed E-state index contributed by atoms with van der Waals surface area (Å²) in [4.78, 5) is 2.50. The highest BCUT2D eigenvalue weighted by atomic mass is 31.1. The van der Waals surface area contributed by atoms with Crippen LogP contribution in [0, 0.1) is 13.8 Å². The number of hydrogen-bond donors (Lipinski definition) is 0. The maximum Gasteiger partial charge on any atom is 0.188 e. The molecule has 2 aromatic carbocycles. The summed E-state index contributed by atoms with van der Waals surface area (Å²) in [5.41, 5.74) is 6.78. The van der Waals surface area contributed by atoms with Crippen molar-refractivity contribution in [2.45, 2.75) is 85.9 Å². The predicted octanol–water partition coefficient (Wildman–Crippen LogP) is 7.05. The molecule has 2 unspecified atom stereocenters. The van der Waals surface area contributed by atoms with Crippen LogP contribution in [0.1, 0.15) is 82.7 Å². The third-order valence-electron chi connectivity index (χ3n) is 6.81. The normalized spacial score (nSPS) is 14.3. The van der Waals surface area contributed by atoms with Crippen LogP contribution in [0.2, 0.25) is 0 Å². The fraction of sp³-hybridized carbons (Fsp3) is 0.586. The van der Waals surface area contributed by atoms with Crippen LogP contribution in [0.4, 0.5) is 0 Å². The lowest BCUT2D eigenvalue weighted by Gasteiger charge is -2.35. The predicted molar refractivity (Wildman–Crippen MR) is 146 cm³/mol. The topological polar surface area (TPSA) is 21.7 Å². The van der Waals surface area contributed by atoms with Crippen LogP contribution in [0.3, 0.4) is 0 Å². The van der Waals surface area contributed by atoms with Gasteiger partial charge in [-0.1, -0.05) is 87.4 Å². The van der Waals surface area contributed by atoms with Crippen LogP contribution in [0.25, 0.3) is 0 Å². The molecule has 0 bridgehead atoms. The first-order valence-electron chi connectivity index (χ1n) is 12.4. The van der Waals surface area contributed by atoms with Crippen LogP contribution in [0.5, 0.6) is 5.75 Å². The van der Waals surface area contributed by atoms with Crippen LogP contribution in [-0.4, -0.2) is 31.9 Å². The van der Waals surface area contributed by atoms with Crippen LogP contribution >= 0.6 is 8.58 Å². The van der Waals surface area contributed by atoms with Gasteiger partial charge in [-0.2, -0.15) is 0 Å². The minimum Gasteiger partial charge on any atom is -0.467 e. The zero-order valence-electron chi connectivity index (χ0n) is 22.7. The van der Waals surface area contributed by atoms with Gasteiger partial charge in [0.2, 0.25) is 0 Å². The smallest absolute Gasteiger partial charge is 0.188 e. The van der Waals surface area contributed by atoms with Gasteiger partial charge in [0.1, 0.15) is 5.75 Å². The first kappa shape index (κ1) is 27.8. The molecule has 0 amide bonds. The van der Waals surface area contributed by atoms with Crippen LogP contribution in [0.15, 0.2) is 30.3 Å². The van der Waals surface area contributed by atoms with E-state index in [9.17, 15) is 0 Å². The molecule has 184 valence electrons. The summed E-state index contributed by atoms with van der Waals surface area (Å²) in [5, 5.41) is 1.48. The molecule has 0 aromatic heterocycles. The summed E-state index contributed by atoms with van der Waals surface area (Å²) < 4.78 is 11.5. The number of rotatable bonds is 11. The molecule has 4 heteroatoms. The van der Waals surface area contributed by atoms with E-state index in [0.717, 1.165) is 31.8 Å². The van der Waals surface area contributed by atoms with Gasteiger partial charge >= 0.3 is 0 Å². The van der Waals surface area contributed by atoms with Crippen molar-refractivity contribution in [3.63, 3.8) is 0 Å². The van der Waals surface area contributed by atoms with Crippen molar-refractivity contribution in [3.05, 3.63) is 58.1 Å². The molecule has 0 aliphatic heterocycles. The molecule has 0 saturated heterocycles. The maximum absolute atomic E-state index is 6.20. The zero-order valence-corrected chi connectivity index (χ0v) is 23.7. The van der Waals surface area contributed by atoms with Gasteiger partial charge in [-0.05, 0) is 66.3 Å². The van der Waals surface area contributed by atoms with Gasteiger partial charge in [0.15, 0.2) is 6.79 Å². The van der Waals surface area contributed by atoms with E-state index in [1.807, 2.05) is 0 Å². The van der Waals surface area contributed by atoms with Gasteiger partial charge in [-0.25, -0.2) is 0 Å². The molecule has 0 spiro atoms. The second kappa shape index (κ2) is 11.8. The van der Waals surface area contributed by atoms with E-state index in [1.165, 1.54) is 33.1 Å². The van der Waals surface area contributed by atoms with Crippen molar-refractivity contribution in [3.8, 4) is 5.75 Å². The second-order valence-electron chi connectivity index (χ2n) is 10.4. The largest absolute Gasteiger partial charge is 0.467 e. The Kier molecular flexibility index (Phi) is 9.97. The average molecular weight is 472 g/mol. The van der Waals surface area contributed by atoms with E-state index in [-0.39, 0.29) is 17.4 Å². The highest BCUT2D eigenvalue weighted by Gasteiger charge is 2.32. The summed E-state index contributed by atoms with van der Waals surface area (Å²) in [6.07, 6.45) is 1.04. The van der Waals surface area contributed by atoms with Crippen molar-refractivity contribution in [2.75, 3.05) is 27.0 Å². The number of ether oxygens (including phenoxy) is 2. The first-order chi connectivity index (χ1) is 15.5. The highest BCUT2D eigenvalue weighted by molar-refractivity contribution is 7.48. The molecule has 0 heterocycles. The molecule has 2 rings (SSSR count). The maximum atomic E-state index is 6.20. The molecular formula is C29H46NO2P. The monoisotopic (exact) mass is 471 g/mol. The van der Waals surface area contributed by atoms with Crippen molar-refractivity contribution >= 4 is 13.9 Å². The van der Waals surface area contributed by atoms with Crippen molar-refractivity contribution < 1.29 is 9.47 Å². The van der Waals surface area contributed by atoms with Crippen molar-refractivity contribution in [2.24, 2.45) is 0 Å². The van der Waals surface area contributed by atoms with Crippen molar-refractivity contribution in [1.29, 1.82) is 0 Å². The van der Waals surface area contributed by atoms with E-state index in [2.05, 4.69) is 97.5 Å². The third kappa shape index (κ3) is 6.81. The van der Waals surface area contributed by atoms with E-state index in [0.29, 0.717) is 8.58 Å². The number of nitrogens with zero attached hydrogens (tertiary/aromatic N) is 1. The van der Waals surface area contributed by atoms with E-state index in [4.69, 9.17) is 9.47 Å². The number of methoxy groups -OCH3 is 1. The summed E-state index contributed by atoms with van der Waals surface area (Å²) in [6, 6.07) is 11.5. The Hall–Kier alpha value is -1.41. The van der Waals surface area contributed by atoms with Gasteiger partial charge in [0.05, 0.1) is 0 Å². The number of benzene rings is 2. The van der Waals surface area contributed by atoms with Crippen molar-refractivity contribution in [1.82, 2.24) is 4.90 Å². The van der Waals surface area contributed by atoms with Gasteiger partial charge in [0, 0.05) is 24.4 Å². The Morgan fingerprint density at radius 1 is 0.939 bits per heavy atom. The summed E-state index contributed by atoms with van der Waals surface area (Å²) in [5.74, 6) is 0.987. The molecule has 33 heavy (non-hydrogen) atoms. The number of aryl methyl sites for hydroxylation is 2. The standard InChI is InChI=1S/C29H46NO2P/c1-11-29(9,33-27-21(4)15-14-16-23(27)19-30(12-2)13-3)25-18-24(28(6,7)8)17-22(5)26(25)32-20-31-10/h14-18,33H,11-13,19-20H2,1-10H3. The Morgan fingerprint density at radius 3 is 2.15 bits per heavy atom. The molecule has 0 N–H and O–H groups in total. The van der Waals surface area contributed by atoms with E-state index < -0.39 is 0 Å². The molecule has 2 atom stereocenters.